The number of hydrogen-bond donors (Lipinski definition) is 2. The molecular weight excluding hydrogens is 446 g/mol. The van der Waals surface area contributed by atoms with Crippen LogP contribution >= 0.6 is 0 Å². The van der Waals surface area contributed by atoms with E-state index in [0.717, 1.165) is 44.8 Å². The third-order valence-electron chi connectivity index (χ3n) is 11.9. The Morgan fingerprint density at radius 1 is 1.17 bits per heavy atom. The summed E-state index contributed by atoms with van der Waals surface area (Å²) in [6, 6.07) is 7.17. The molecule has 0 spiro atoms. The summed E-state index contributed by atoms with van der Waals surface area (Å²) in [5.74, 6) is 2.81. The lowest BCUT2D eigenvalue weighted by molar-refractivity contribution is -0.140. The quantitative estimate of drug-likeness (QED) is 0.638. The maximum Gasteiger partial charge on any atom is 0.239 e. The average molecular weight is 492 g/mol. The van der Waals surface area contributed by atoms with E-state index in [2.05, 4.69) is 41.1 Å². The Balaban J connectivity index is 1.31. The Hall–Kier alpha value is -1.59. The molecule has 3 aliphatic heterocycles. The number of hydrogen-bond acceptors (Lipinski definition) is 4. The van der Waals surface area contributed by atoms with Crippen molar-refractivity contribution in [3.8, 4) is 5.75 Å². The highest BCUT2D eigenvalue weighted by molar-refractivity contribution is 5.83. The molecular formula is C31H45N3O2. The van der Waals surface area contributed by atoms with Gasteiger partial charge in [0.25, 0.3) is 0 Å². The molecule has 0 radical (unpaired) electrons. The third-order valence-corrected chi connectivity index (χ3v) is 11.9. The molecule has 36 heavy (non-hydrogen) atoms. The Kier molecular flexibility index (Phi) is 5.53. The number of nitrogens with zero attached hydrogens (tertiary/aromatic N) is 2. The number of phenols is 1. The number of likely N-dealkylation sites (tertiary alicyclic amines) is 2. The molecule has 7 rings (SSSR count). The fraction of sp³-hybridized carbons (Fsp3) is 0.774. The van der Waals surface area contributed by atoms with Crippen LogP contribution in [0, 0.1) is 23.2 Å². The number of amides is 1. The second kappa shape index (κ2) is 8.46. The summed E-state index contributed by atoms with van der Waals surface area (Å²) in [6.07, 6.45) is 12.0. The fourth-order valence-corrected chi connectivity index (χ4v) is 10.3. The molecule has 5 unspecified atom stereocenters. The van der Waals surface area contributed by atoms with Gasteiger partial charge in [0.15, 0.2) is 0 Å². The minimum Gasteiger partial charge on any atom is -0.508 e. The lowest BCUT2D eigenvalue weighted by atomic mass is 9.46. The van der Waals surface area contributed by atoms with Crippen LogP contribution < -0.4 is 5.32 Å². The molecule has 3 saturated heterocycles. The summed E-state index contributed by atoms with van der Waals surface area (Å²) in [5.41, 5.74) is 3.17. The summed E-state index contributed by atoms with van der Waals surface area (Å²) in [4.78, 5) is 19.0. The number of benzene rings is 1. The molecule has 1 aromatic rings. The topological polar surface area (TPSA) is 55.8 Å². The zero-order chi connectivity index (χ0) is 24.7. The van der Waals surface area contributed by atoms with E-state index in [4.69, 9.17) is 0 Å². The largest absolute Gasteiger partial charge is 0.508 e. The van der Waals surface area contributed by atoms with Gasteiger partial charge in [-0.3, -0.25) is 9.69 Å². The standard InChI is InChI=1S/C31H45N3O2/c1-3-22-9-10-24(35)16-25(22)31-13-15-33(18-21-7-8-21)20(2)30(31)12-11-27-28(31)23(17-30)19-34(27)29(36)26-6-4-5-14-32-26/h9-10,16,20-21,23,26-28,32,35H,3-8,11-15,17-19H2,1-2H3/t20?,23-,26+,27?,28?,30?,31?/m1/s1. The molecule has 6 fully saturated rings. The predicted octanol–water partition coefficient (Wildman–Crippen LogP) is 4.47. The molecule has 3 aliphatic carbocycles. The first-order valence-electron chi connectivity index (χ1n) is 15.1. The molecule has 196 valence electrons. The third kappa shape index (κ3) is 3.17. The summed E-state index contributed by atoms with van der Waals surface area (Å²) in [5, 5.41) is 14.3. The number of phenolic OH excluding ortho intramolecular Hbond substituents is 1. The van der Waals surface area contributed by atoms with Crippen LogP contribution in [-0.2, 0) is 16.6 Å². The van der Waals surface area contributed by atoms with Crippen LogP contribution in [0.25, 0.3) is 0 Å². The summed E-state index contributed by atoms with van der Waals surface area (Å²) < 4.78 is 0. The van der Waals surface area contributed by atoms with Crippen molar-refractivity contribution in [3.05, 3.63) is 29.3 Å². The molecule has 6 aliphatic rings. The van der Waals surface area contributed by atoms with E-state index in [1.54, 1.807) is 0 Å². The minimum atomic E-state index is 0.0199. The fourth-order valence-electron chi connectivity index (χ4n) is 10.3. The molecule has 0 aromatic heterocycles. The number of carbonyl (C=O) groups excluding carboxylic acids is 1. The molecule has 1 amide bonds. The van der Waals surface area contributed by atoms with Crippen LogP contribution in [0.3, 0.4) is 0 Å². The van der Waals surface area contributed by atoms with E-state index in [1.165, 1.54) is 62.6 Å². The summed E-state index contributed by atoms with van der Waals surface area (Å²) in [7, 11) is 0. The van der Waals surface area contributed by atoms with Crippen molar-refractivity contribution in [3.63, 3.8) is 0 Å². The molecule has 3 heterocycles. The van der Waals surface area contributed by atoms with Gasteiger partial charge in [-0.1, -0.05) is 19.4 Å². The van der Waals surface area contributed by atoms with E-state index in [1.807, 2.05) is 6.07 Å². The van der Waals surface area contributed by atoms with Gasteiger partial charge in [-0.25, -0.2) is 0 Å². The van der Waals surface area contributed by atoms with Crippen LogP contribution in [0.5, 0.6) is 5.75 Å². The van der Waals surface area contributed by atoms with E-state index >= 15 is 0 Å². The first-order chi connectivity index (χ1) is 17.5. The maximum absolute atomic E-state index is 13.9. The van der Waals surface area contributed by atoms with Gasteiger partial charge in [0.05, 0.1) is 6.04 Å². The van der Waals surface area contributed by atoms with Crippen LogP contribution in [0.1, 0.15) is 82.8 Å². The van der Waals surface area contributed by atoms with Crippen molar-refractivity contribution < 1.29 is 9.90 Å². The highest BCUT2D eigenvalue weighted by atomic mass is 16.3. The van der Waals surface area contributed by atoms with Gasteiger partial charge < -0.3 is 15.3 Å². The van der Waals surface area contributed by atoms with E-state index in [9.17, 15) is 9.90 Å². The van der Waals surface area contributed by atoms with E-state index in [0.29, 0.717) is 35.6 Å². The molecule has 1 aromatic carbocycles. The Labute approximate surface area is 217 Å². The van der Waals surface area contributed by atoms with Gasteiger partial charge >= 0.3 is 0 Å². The minimum absolute atomic E-state index is 0.0199. The monoisotopic (exact) mass is 491 g/mol. The van der Waals surface area contributed by atoms with Crippen LogP contribution in [0.4, 0.5) is 0 Å². The van der Waals surface area contributed by atoms with Crippen molar-refractivity contribution in [1.29, 1.82) is 0 Å². The second-order valence-electron chi connectivity index (χ2n) is 13.3. The lowest BCUT2D eigenvalue weighted by Crippen LogP contribution is -2.67. The lowest BCUT2D eigenvalue weighted by Gasteiger charge is -2.63. The van der Waals surface area contributed by atoms with E-state index < -0.39 is 0 Å². The first-order valence-corrected chi connectivity index (χ1v) is 15.1. The number of nitrogens with one attached hydrogen (secondary N) is 1. The van der Waals surface area contributed by atoms with Crippen LogP contribution in [-0.4, -0.2) is 65.1 Å². The van der Waals surface area contributed by atoms with Crippen molar-refractivity contribution in [1.82, 2.24) is 15.1 Å². The Morgan fingerprint density at radius 2 is 2.03 bits per heavy atom. The van der Waals surface area contributed by atoms with Gasteiger partial charge in [-0.15, -0.1) is 0 Å². The molecule has 2 bridgehead atoms. The smallest absolute Gasteiger partial charge is 0.239 e. The number of carbonyl (C=O) groups is 1. The van der Waals surface area contributed by atoms with Crippen LogP contribution in [0.2, 0.25) is 0 Å². The molecule has 2 N–H and O–H groups in total. The highest BCUT2D eigenvalue weighted by Gasteiger charge is 2.74. The summed E-state index contributed by atoms with van der Waals surface area (Å²) in [6.45, 7) is 9.18. The Bertz CT molecular complexity index is 1030. The van der Waals surface area contributed by atoms with Gasteiger partial charge in [0, 0.05) is 30.6 Å². The molecule has 7 atom stereocenters. The number of aromatic hydroxyl groups is 1. The SMILES string of the molecule is CCc1ccc(O)cc1C12CCN(CC3CC3)C(C)C13CCC1C2[C@@H](CN1C(=O)[C@@H]1CCCCN1)C3. The van der Waals surface area contributed by atoms with Gasteiger partial charge in [-0.2, -0.15) is 0 Å². The van der Waals surface area contributed by atoms with Gasteiger partial charge in [-0.05, 0) is 124 Å². The second-order valence-corrected chi connectivity index (χ2v) is 13.3. The van der Waals surface area contributed by atoms with Crippen molar-refractivity contribution in [2.24, 2.45) is 23.2 Å². The van der Waals surface area contributed by atoms with Gasteiger partial charge in [0.2, 0.25) is 5.91 Å². The molecule has 5 nitrogen and oxygen atoms in total. The van der Waals surface area contributed by atoms with Crippen molar-refractivity contribution in [2.75, 3.05) is 26.2 Å². The summed E-state index contributed by atoms with van der Waals surface area (Å²) >= 11 is 0. The normalized spacial score (nSPS) is 41.9. The van der Waals surface area contributed by atoms with E-state index in [-0.39, 0.29) is 16.9 Å². The average Bonchev–Trinajstić information content (AvgIpc) is 3.60. The maximum atomic E-state index is 13.9. The molecule has 3 saturated carbocycles. The number of aryl methyl sites for hydroxylation is 1. The van der Waals surface area contributed by atoms with Crippen molar-refractivity contribution >= 4 is 5.91 Å². The predicted molar refractivity (Wildman–Crippen MR) is 142 cm³/mol. The van der Waals surface area contributed by atoms with Crippen molar-refractivity contribution in [2.45, 2.75) is 102 Å². The van der Waals surface area contributed by atoms with Gasteiger partial charge in [0.1, 0.15) is 5.75 Å². The zero-order valence-corrected chi connectivity index (χ0v) is 22.3. The zero-order valence-electron chi connectivity index (χ0n) is 22.3. The Morgan fingerprint density at radius 3 is 2.78 bits per heavy atom. The highest BCUT2D eigenvalue weighted by Crippen LogP contribution is 2.73. The first kappa shape index (κ1) is 23.5. The number of piperidine rings is 2. The molecule has 5 heteroatoms. The number of rotatable bonds is 5. The van der Waals surface area contributed by atoms with Crippen LogP contribution in [0.15, 0.2) is 18.2 Å².